The van der Waals surface area contributed by atoms with Crippen molar-refractivity contribution in [3.8, 4) is 0 Å². The fraction of sp³-hybridized carbons (Fsp3) is 1.00. The van der Waals surface area contributed by atoms with Gasteiger partial charge in [-0.3, -0.25) is 0 Å². The zero-order chi connectivity index (χ0) is 11.0. The van der Waals surface area contributed by atoms with Crippen molar-refractivity contribution >= 4 is 0 Å². The van der Waals surface area contributed by atoms with E-state index in [0.717, 1.165) is 32.8 Å². The van der Waals surface area contributed by atoms with E-state index >= 15 is 0 Å². The molecule has 0 aromatic rings. The van der Waals surface area contributed by atoms with Crippen molar-refractivity contribution in [1.82, 2.24) is 10.2 Å². The van der Waals surface area contributed by atoms with Gasteiger partial charge in [-0.1, -0.05) is 13.8 Å². The van der Waals surface area contributed by atoms with E-state index in [0.29, 0.717) is 5.41 Å². The van der Waals surface area contributed by atoms with Crippen molar-refractivity contribution in [2.24, 2.45) is 5.41 Å². The van der Waals surface area contributed by atoms with Crippen molar-refractivity contribution in [3.05, 3.63) is 0 Å². The van der Waals surface area contributed by atoms with Gasteiger partial charge >= 0.3 is 0 Å². The van der Waals surface area contributed by atoms with Gasteiger partial charge in [0.05, 0.1) is 6.61 Å². The molecule has 14 heavy (non-hydrogen) atoms. The number of hydrogen-bond donors (Lipinski definition) is 1. The molecule has 0 aromatic heterocycles. The smallest absolute Gasteiger partial charge is 0.0593 e. The Bertz CT molecular complexity index is 137. The number of likely N-dealkylation sites (N-methyl/N-ethyl adjacent to an activating group) is 1. The largest absolute Gasteiger partial charge is 0.380 e. The molecule has 0 heterocycles. The predicted octanol–water partition coefficient (Wildman–Crippen LogP) is 1.20. The number of nitrogens with one attached hydrogen (secondary N) is 1. The fourth-order valence-electron chi connectivity index (χ4n) is 1.71. The number of nitrogens with zero attached hydrogens (tertiary/aromatic N) is 1. The van der Waals surface area contributed by atoms with Crippen molar-refractivity contribution in [2.75, 3.05) is 46.9 Å². The molecule has 0 rings (SSSR count). The van der Waals surface area contributed by atoms with Crippen LogP contribution in [0.25, 0.3) is 0 Å². The third kappa shape index (κ3) is 7.30. The molecule has 0 aliphatic carbocycles. The molecule has 3 heteroatoms. The standard InChI is InChI=1S/C11H26N2O/c1-6-14-8-7-13(5)10-11(2,3)9-12-4/h12H,6-10H2,1-5H3. The monoisotopic (exact) mass is 202 g/mol. The van der Waals surface area contributed by atoms with Crippen LogP contribution in [0, 0.1) is 5.41 Å². The van der Waals surface area contributed by atoms with E-state index in [1.165, 1.54) is 0 Å². The van der Waals surface area contributed by atoms with Crippen LogP contribution < -0.4 is 5.32 Å². The fourth-order valence-corrected chi connectivity index (χ4v) is 1.71. The van der Waals surface area contributed by atoms with Crippen molar-refractivity contribution in [1.29, 1.82) is 0 Å². The Morgan fingerprint density at radius 3 is 2.50 bits per heavy atom. The van der Waals surface area contributed by atoms with Crippen LogP contribution in [0.4, 0.5) is 0 Å². The van der Waals surface area contributed by atoms with Gasteiger partial charge in [-0.05, 0) is 26.4 Å². The van der Waals surface area contributed by atoms with Gasteiger partial charge in [0.15, 0.2) is 0 Å². The first-order valence-electron chi connectivity index (χ1n) is 5.42. The normalized spacial score (nSPS) is 12.4. The summed E-state index contributed by atoms with van der Waals surface area (Å²) in [4.78, 5) is 2.33. The molecule has 86 valence electrons. The number of ether oxygens (including phenoxy) is 1. The van der Waals surface area contributed by atoms with Crippen LogP contribution in [0.15, 0.2) is 0 Å². The lowest BCUT2D eigenvalue weighted by atomic mass is 9.93. The molecule has 0 radical (unpaired) electrons. The molecule has 0 aliphatic rings. The third-order valence-electron chi connectivity index (χ3n) is 2.17. The van der Waals surface area contributed by atoms with E-state index in [1.807, 2.05) is 14.0 Å². The van der Waals surface area contributed by atoms with Gasteiger partial charge in [0.1, 0.15) is 0 Å². The van der Waals surface area contributed by atoms with Gasteiger partial charge in [-0.25, -0.2) is 0 Å². The maximum Gasteiger partial charge on any atom is 0.0593 e. The van der Waals surface area contributed by atoms with Crippen LogP contribution in [0.3, 0.4) is 0 Å². The average molecular weight is 202 g/mol. The molecule has 1 N–H and O–H groups in total. The summed E-state index contributed by atoms with van der Waals surface area (Å²) in [6, 6.07) is 0. The summed E-state index contributed by atoms with van der Waals surface area (Å²) in [5, 5.41) is 3.22. The van der Waals surface area contributed by atoms with Crippen LogP contribution in [-0.4, -0.2) is 51.8 Å². The van der Waals surface area contributed by atoms with E-state index < -0.39 is 0 Å². The molecule has 0 fully saturated rings. The topological polar surface area (TPSA) is 24.5 Å². The summed E-state index contributed by atoms with van der Waals surface area (Å²) in [5.41, 5.74) is 0.329. The molecule has 0 saturated carbocycles. The lowest BCUT2D eigenvalue weighted by Gasteiger charge is -2.30. The van der Waals surface area contributed by atoms with E-state index in [4.69, 9.17) is 4.74 Å². The highest BCUT2D eigenvalue weighted by atomic mass is 16.5. The Balaban J connectivity index is 3.63. The molecule has 0 unspecified atom stereocenters. The second kappa shape index (κ2) is 7.21. The summed E-state index contributed by atoms with van der Waals surface area (Å²) in [6.07, 6.45) is 0. The highest BCUT2D eigenvalue weighted by molar-refractivity contribution is 4.74. The highest BCUT2D eigenvalue weighted by Gasteiger charge is 2.18. The first kappa shape index (κ1) is 13.9. The van der Waals surface area contributed by atoms with Crippen LogP contribution in [0.2, 0.25) is 0 Å². The van der Waals surface area contributed by atoms with Crippen LogP contribution in [0.5, 0.6) is 0 Å². The second-order valence-electron chi connectivity index (χ2n) is 4.63. The molecule has 3 nitrogen and oxygen atoms in total. The van der Waals surface area contributed by atoms with E-state index in [1.54, 1.807) is 0 Å². The molecule has 0 spiro atoms. The Morgan fingerprint density at radius 2 is 2.00 bits per heavy atom. The second-order valence-corrected chi connectivity index (χ2v) is 4.63. The minimum atomic E-state index is 0.329. The van der Waals surface area contributed by atoms with Gasteiger partial charge in [0.25, 0.3) is 0 Å². The number of hydrogen-bond acceptors (Lipinski definition) is 3. The van der Waals surface area contributed by atoms with Crippen LogP contribution in [-0.2, 0) is 4.74 Å². The first-order chi connectivity index (χ1) is 6.52. The zero-order valence-electron chi connectivity index (χ0n) is 10.4. The van der Waals surface area contributed by atoms with Crippen molar-refractivity contribution in [3.63, 3.8) is 0 Å². The molecule has 0 atom stereocenters. The molecule has 0 amide bonds. The van der Waals surface area contributed by atoms with Crippen molar-refractivity contribution in [2.45, 2.75) is 20.8 Å². The van der Waals surface area contributed by atoms with Crippen LogP contribution >= 0.6 is 0 Å². The SMILES string of the molecule is CCOCCN(C)CC(C)(C)CNC. The van der Waals surface area contributed by atoms with Gasteiger partial charge in [-0.2, -0.15) is 0 Å². The predicted molar refractivity (Wildman–Crippen MR) is 61.7 cm³/mol. The summed E-state index contributed by atoms with van der Waals surface area (Å²) in [5.74, 6) is 0. The lowest BCUT2D eigenvalue weighted by molar-refractivity contribution is 0.107. The molecular weight excluding hydrogens is 176 g/mol. The van der Waals surface area contributed by atoms with Gasteiger partial charge < -0.3 is 15.0 Å². The summed E-state index contributed by atoms with van der Waals surface area (Å²) in [6.45, 7) is 11.4. The highest BCUT2D eigenvalue weighted by Crippen LogP contribution is 2.14. The minimum absolute atomic E-state index is 0.329. The number of rotatable bonds is 8. The molecule has 0 aliphatic heterocycles. The summed E-state index contributed by atoms with van der Waals surface area (Å²) >= 11 is 0. The van der Waals surface area contributed by atoms with Crippen molar-refractivity contribution < 1.29 is 4.74 Å². The Hall–Kier alpha value is -0.120. The minimum Gasteiger partial charge on any atom is -0.380 e. The Labute approximate surface area is 88.8 Å². The maximum absolute atomic E-state index is 5.32. The van der Waals surface area contributed by atoms with Gasteiger partial charge in [0.2, 0.25) is 0 Å². The molecule has 0 saturated heterocycles. The molecule has 0 aromatic carbocycles. The quantitative estimate of drug-likeness (QED) is 0.599. The van der Waals surface area contributed by atoms with Gasteiger partial charge in [-0.15, -0.1) is 0 Å². The average Bonchev–Trinajstić information content (AvgIpc) is 2.03. The van der Waals surface area contributed by atoms with E-state index in [-0.39, 0.29) is 0 Å². The molecule has 0 bridgehead atoms. The maximum atomic E-state index is 5.32. The third-order valence-corrected chi connectivity index (χ3v) is 2.17. The summed E-state index contributed by atoms with van der Waals surface area (Å²) < 4.78 is 5.32. The Kier molecular flexibility index (Phi) is 7.15. The van der Waals surface area contributed by atoms with Gasteiger partial charge in [0, 0.05) is 26.2 Å². The lowest BCUT2D eigenvalue weighted by Crippen LogP contribution is -2.39. The van der Waals surface area contributed by atoms with E-state index in [2.05, 4.69) is 31.1 Å². The summed E-state index contributed by atoms with van der Waals surface area (Å²) in [7, 11) is 4.15. The zero-order valence-corrected chi connectivity index (χ0v) is 10.4. The van der Waals surface area contributed by atoms with Crippen LogP contribution in [0.1, 0.15) is 20.8 Å². The molecular formula is C11H26N2O. The Morgan fingerprint density at radius 1 is 1.36 bits per heavy atom. The van der Waals surface area contributed by atoms with E-state index in [9.17, 15) is 0 Å². The first-order valence-corrected chi connectivity index (χ1v) is 5.42.